The standard InChI is InChI=1S/C15H25N/c1-6-9-13-10-8-11-14(12(3)7-2)15(13)16(4)5/h8,10-12H,6-7,9H2,1-5H3. The van der Waals surface area contributed by atoms with Gasteiger partial charge in [-0.2, -0.15) is 0 Å². The van der Waals surface area contributed by atoms with E-state index in [0.717, 1.165) is 0 Å². The molecule has 1 heteroatoms. The number of rotatable bonds is 5. The number of nitrogens with zero attached hydrogens (tertiary/aromatic N) is 1. The van der Waals surface area contributed by atoms with Gasteiger partial charge >= 0.3 is 0 Å². The maximum atomic E-state index is 2.32. The Morgan fingerprint density at radius 2 is 1.88 bits per heavy atom. The number of aryl methyl sites for hydroxylation is 1. The van der Waals surface area contributed by atoms with Crippen molar-refractivity contribution < 1.29 is 0 Å². The van der Waals surface area contributed by atoms with Gasteiger partial charge in [-0.3, -0.25) is 0 Å². The van der Waals surface area contributed by atoms with Crippen LogP contribution in [0.15, 0.2) is 18.2 Å². The summed E-state index contributed by atoms with van der Waals surface area (Å²) >= 11 is 0. The maximum absolute atomic E-state index is 2.32. The van der Waals surface area contributed by atoms with E-state index < -0.39 is 0 Å². The molecule has 0 amide bonds. The summed E-state index contributed by atoms with van der Waals surface area (Å²) in [7, 11) is 4.31. The van der Waals surface area contributed by atoms with Crippen molar-refractivity contribution in [3.63, 3.8) is 0 Å². The molecule has 0 saturated heterocycles. The highest BCUT2D eigenvalue weighted by Gasteiger charge is 2.13. The molecule has 0 aliphatic carbocycles. The first kappa shape index (κ1) is 13.1. The summed E-state index contributed by atoms with van der Waals surface area (Å²) < 4.78 is 0. The van der Waals surface area contributed by atoms with Crippen molar-refractivity contribution in [3.8, 4) is 0 Å². The molecule has 0 bridgehead atoms. The highest BCUT2D eigenvalue weighted by Crippen LogP contribution is 2.32. The Hall–Kier alpha value is -0.980. The van der Waals surface area contributed by atoms with Crippen molar-refractivity contribution in [2.45, 2.75) is 46.0 Å². The summed E-state index contributed by atoms with van der Waals surface area (Å²) in [6, 6.07) is 6.76. The smallest absolute Gasteiger partial charge is 0.0428 e. The average Bonchev–Trinajstić information content (AvgIpc) is 2.27. The van der Waals surface area contributed by atoms with Crippen LogP contribution in [-0.2, 0) is 6.42 Å². The van der Waals surface area contributed by atoms with Gasteiger partial charge < -0.3 is 4.90 Å². The molecule has 1 nitrogen and oxygen atoms in total. The van der Waals surface area contributed by atoms with Gasteiger partial charge in [0.2, 0.25) is 0 Å². The zero-order valence-electron chi connectivity index (χ0n) is 11.4. The molecule has 1 aromatic carbocycles. The van der Waals surface area contributed by atoms with Crippen LogP contribution in [-0.4, -0.2) is 14.1 Å². The van der Waals surface area contributed by atoms with E-state index in [1.165, 1.54) is 36.1 Å². The van der Waals surface area contributed by atoms with Gasteiger partial charge in [-0.15, -0.1) is 0 Å². The second-order valence-corrected chi connectivity index (χ2v) is 4.81. The Morgan fingerprint density at radius 1 is 1.19 bits per heavy atom. The Labute approximate surface area is 100 Å². The minimum Gasteiger partial charge on any atom is -0.377 e. The molecule has 0 aliphatic rings. The fourth-order valence-electron chi connectivity index (χ4n) is 2.25. The summed E-state index contributed by atoms with van der Waals surface area (Å²) in [6.45, 7) is 6.82. The Kier molecular flexibility index (Phi) is 4.85. The van der Waals surface area contributed by atoms with Gasteiger partial charge in [0.25, 0.3) is 0 Å². The molecular formula is C15H25N. The van der Waals surface area contributed by atoms with E-state index in [4.69, 9.17) is 0 Å². The largest absolute Gasteiger partial charge is 0.377 e. The van der Waals surface area contributed by atoms with Crippen LogP contribution in [0.5, 0.6) is 0 Å². The van der Waals surface area contributed by atoms with Crippen LogP contribution in [0.2, 0.25) is 0 Å². The predicted molar refractivity (Wildman–Crippen MR) is 73.5 cm³/mol. The predicted octanol–water partition coefficient (Wildman–Crippen LogP) is 4.22. The number of hydrogen-bond donors (Lipinski definition) is 0. The van der Waals surface area contributed by atoms with Crippen molar-refractivity contribution in [1.82, 2.24) is 0 Å². The van der Waals surface area contributed by atoms with Crippen molar-refractivity contribution in [3.05, 3.63) is 29.3 Å². The summed E-state index contributed by atoms with van der Waals surface area (Å²) in [5.74, 6) is 0.647. The summed E-state index contributed by atoms with van der Waals surface area (Å²) in [5, 5.41) is 0. The number of anilines is 1. The Bertz CT molecular complexity index is 328. The third kappa shape index (κ3) is 2.78. The molecule has 1 atom stereocenters. The molecule has 0 fully saturated rings. The van der Waals surface area contributed by atoms with E-state index >= 15 is 0 Å². The van der Waals surface area contributed by atoms with Crippen LogP contribution in [0.4, 0.5) is 5.69 Å². The third-order valence-corrected chi connectivity index (χ3v) is 3.26. The van der Waals surface area contributed by atoms with E-state index in [0.29, 0.717) is 5.92 Å². The van der Waals surface area contributed by atoms with Gasteiger partial charge in [-0.1, -0.05) is 45.4 Å². The molecule has 0 heterocycles. The molecule has 0 radical (unpaired) electrons. The summed E-state index contributed by atoms with van der Waals surface area (Å²) in [4.78, 5) is 2.27. The lowest BCUT2D eigenvalue weighted by molar-refractivity contribution is 0.728. The molecule has 0 aliphatic heterocycles. The first-order chi connectivity index (χ1) is 7.61. The van der Waals surface area contributed by atoms with E-state index in [-0.39, 0.29) is 0 Å². The van der Waals surface area contributed by atoms with Gasteiger partial charge in [-0.05, 0) is 29.9 Å². The first-order valence-corrected chi connectivity index (χ1v) is 6.40. The molecule has 0 N–H and O–H groups in total. The van der Waals surface area contributed by atoms with Gasteiger partial charge in [0, 0.05) is 19.8 Å². The molecular weight excluding hydrogens is 194 g/mol. The van der Waals surface area contributed by atoms with E-state index in [9.17, 15) is 0 Å². The van der Waals surface area contributed by atoms with Gasteiger partial charge in [0.1, 0.15) is 0 Å². The van der Waals surface area contributed by atoms with Crippen LogP contribution in [0, 0.1) is 0 Å². The molecule has 90 valence electrons. The lowest BCUT2D eigenvalue weighted by Crippen LogP contribution is -2.15. The number of para-hydroxylation sites is 1. The highest BCUT2D eigenvalue weighted by atomic mass is 15.1. The van der Waals surface area contributed by atoms with Crippen molar-refractivity contribution in [1.29, 1.82) is 0 Å². The quantitative estimate of drug-likeness (QED) is 0.716. The third-order valence-electron chi connectivity index (χ3n) is 3.26. The molecule has 1 aromatic rings. The molecule has 16 heavy (non-hydrogen) atoms. The zero-order chi connectivity index (χ0) is 12.1. The second kappa shape index (κ2) is 5.93. The van der Waals surface area contributed by atoms with Crippen LogP contribution in [0.1, 0.15) is 50.7 Å². The number of benzene rings is 1. The normalized spacial score (nSPS) is 12.6. The van der Waals surface area contributed by atoms with Crippen LogP contribution in [0.25, 0.3) is 0 Å². The molecule has 0 saturated carbocycles. The molecule has 0 spiro atoms. The van der Waals surface area contributed by atoms with Gasteiger partial charge in [0.05, 0.1) is 0 Å². The second-order valence-electron chi connectivity index (χ2n) is 4.81. The van der Waals surface area contributed by atoms with E-state index in [1.807, 2.05) is 0 Å². The minimum absolute atomic E-state index is 0.647. The van der Waals surface area contributed by atoms with E-state index in [1.54, 1.807) is 0 Å². The lowest BCUT2D eigenvalue weighted by atomic mass is 9.92. The number of hydrogen-bond acceptors (Lipinski definition) is 1. The van der Waals surface area contributed by atoms with E-state index in [2.05, 4.69) is 58.0 Å². The summed E-state index contributed by atoms with van der Waals surface area (Å²) in [6.07, 6.45) is 3.60. The highest BCUT2D eigenvalue weighted by molar-refractivity contribution is 5.60. The molecule has 1 unspecified atom stereocenters. The average molecular weight is 219 g/mol. The van der Waals surface area contributed by atoms with Crippen LogP contribution < -0.4 is 4.90 Å². The molecule has 0 aromatic heterocycles. The Morgan fingerprint density at radius 3 is 2.38 bits per heavy atom. The first-order valence-electron chi connectivity index (χ1n) is 6.40. The van der Waals surface area contributed by atoms with Crippen molar-refractivity contribution in [2.24, 2.45) is 0 Å². The monoisotopic (exact) mass is 219 g/mol. The maximum Gasteiger partial charge on any atom is 0.0428 e. The SMILES string of the molecule is CCCc1cccc(C(C)CC)c1N(C)C. The fraction of sp³-hybridized carbons (Fsp3) is 0.600. The molecule has 1 rings (SSSR count). The Balaban J connectivity index is 3.21. The topological polar surface area (TPSA) is 3.24 Å². The fourth-order valence-corrected chi connectivity index (χ4v) is 2.25. The van der Waals surface area contributed by atoms with Crippen molar-refractivity contribution >= 4 is 5.69 Å². The van der Waals surface area contributed by atoms with Gasteiger partial charge in [-0.25, -0.2) is 0 Å². The van der Waals surface area contributed by atoms with Gasteiger partial charge in [0.15, 0.2) is 0 Å². The van der Waals surface area contributed by atoms with Crippen molar-refractivity contribution in [2.75, 3.05) is 19.0 Å². The minimum atomic E-state index is 0.647. The van der Waals surface area contributed by atoms with Crippen LogP contribution >= 0.6 is 0 Å². The summed E-state index contributed by atoms with van der Waals surface area (Å²) in [5.41, 5.74) is 4.43. The lowest BCUT2D eigenvalue weighted by Gasteiger charge is -2.24. The van der Waals surface area contributed by atoms with Crippen LogP contribution in [0.3, 0.4) is 0 Å². The zero-order valence-corrected chi connectivity index (χ0v) is 11.4.